The van der Waals surface area contributed by atoms with Gasteiger partial charge in [-0.1, -0.05) is 6.07 Å². The number of piperidine rings is 1. The van der Waals surface area contributed by atoms with Gasteiger partial charge in [-0.15, -0.1) is 12.4 Å². The molecular formula is C16H21ClF2N2O. The van der Waals surface area contributed by atoms with E-state index in [1.165, 1.54) is 18.2 Å². The van der Waals surface area contributed by atoms with Crippen LogP contribution in [-0.2, 0) is 4.79 Å². The van der Waals surface area contributed by atoms with Crippen LogP contribution in [0.25, 0.3) is 0 Å². The van der Waals surface area contributed by atoms with Gasteiger partial charge in [0.15, 0.2) is 0 Å². The molecule has 0 radical (unpaired) electrons. The number of carbonyl (C=O) groups excluding carboxylic acids is 1. The summed E-state index contributed by atoms with van der Waals surface area (Å²) in [7, 11) is 1.90. The van der Waals surface area contributed by atoms with Crippen LogP contribution in [0, 0.1) is 17.6 Å². The van der Waals surface area contributed by atoms with Crippen LogP contribution >= 0.6 is 12.4 Å². The predicted octanol–water partition coefficient (Wildman–Crippen LogP) is 2.70. The summed E-state index contributed by atoms with van der Waals surface area (Å²) in [6.45, 7) is 1.44. The normalized spacial score (nSPS) is 27.2. The van der Waals surface area contributed by atoms with Crippen LogP contribution in [-0.4, -0.2) is 37.0 Å². The molecule has 1 aromatic carbocycles. The van der Waals surface area contributed by atoms with Crippen LogP contribution in [0.3, 0.4) is 0 Å². The average Bonchev–Trinajstić information content (AvgIpc) is 3.26. The Morgan fingerprint density at radius 1 is 1.32 bits per heavy atom. The second-order valence-corrected chi connectivity index (χ2v) is 6.00. The number of halogens is 3. The first kappa shape index (κ1) is 17.2. The Labute approximate surface area is 135 Å². The third-order valence-electron chi connectivity index (χ3n) is 4.62. The Bertz CT molecular complexity index is 535. The molecule has 0 aromatic heterocycles. The highest BCUT2D eigenvalue weighted by atomic mass is 35.5. The summed E-state index contributed by atoms with van der Waals surface area (Å²) in [6.07, 6.45) is 2.59. The Morgan fingerprint density at radius 2 is 2.00 bits per heavy atom. The molecule has 1 aromatic rings. The number of rotatable bonds is 3. The van der Waals surface area contributed by atoms with Gasteiger partial charge in [-0.2, -0.15) is 0 Å². The van der Waals surface area contributed by atoms with Crippen molar-refractivity contribution in [1.82, 2.24) is 10.2 Å². The predicted molar refractivity (Wildman–Crippen MR) is 83.1 cm³/mol. The van der Waals surface area contributed by atoms with Gasteiger partial charge < -0.3 is 10.2 Å². The minimum absolute atomic E-state index is 0. The number of nitrogens with one attached hydrogen (secondary N) is 1. The summed E-state index contributed by atoms with van der Waals surface area (Å²) in [6, 6.07) is 4.20. The van der Waals surface area contributed by atoms with Crippen LogP contribution in [0.15, 0.2) is 18.2 Å². The van der Waals surface area contributed by atoms with E-state index in [0.29, 0.717) is 19.0 Å². The molecule has 22 heavy (non-hydrogen) atoms. The van der Waals surface area contributed by atoms with Crippen LogP contribution in [0.1, 0.15) is 30.7 Å². The maximum Gasteiger partial charge on any atom is 0.226 e. The maximum atomic E-state index is 13.8. The lowest BCUT2D eigenvalue weighted by Gasteiger charge is -2.32. The minimum Gasteiger partial charge on any atom is -0.341 e. The summed E-state index contributed by atoms with van der Waals surface area (Å²) in [5, 5.41) is 3.20. The molecule has 1 amide bonds. The first-order valence-corrected chi connectivity index (χ1v) is 7.51. The number of likely N-dealkylation sites (N-methyl/N-ethyl adjacent to an activating group) is 1. The van der Waals surface area contributed by atoms with Gasteiger partial charge in [0.2, 0.25) is 5.91 Å². The van der Waals surface area contributed by atoms with Crippen molar-refractivity contribution in [2.24, 2.45) is 5.92 Å². The fraction of sp³-hybridized carbons (Fsp3) is 0.562. The van der Waals surface area contributed by atoms with Crippen molar-refractivity contribution < 1.29 is 13.6 Å². The first-order chi connectivity index (χ1) is 10.1. The second kappa shape index (κ2) is 6.92. The van der Waals surface area contributed by atoms with E-state index in [1.807, 2.05) is 11.9 Å². The van der Waals surface area contributed by atoms with Crippen LogP contribution in [0.5, 0.6) is 0 Å². The highest BCUT2D eigenvalue weighted by Gasteiger charge is 2.48. The number of hydrogen-bond donors (Lipinski definition) is 1. The monoisotopic (exact) mass is 330 g/mol. The molecule has 1 saturated carbocycles. The van der Waals surface area contributed by atoms with Crippen molar-refractivity contribution in [3.05, 3.63) is 35.4 Å². The summed E-state index contributed by atoms with van der Waals surface area (Å²) in [5.41, 5.74) is 0.0815. The Hall–Kier alpha value is -1.20. The number of hydrogen-bond acceptors (Lipinski definition) is 2. The molecule has 3 unspecified atom stereocenters. The lowest BCUT2D eigenvalue weighted by molar-refractivity contribution is -0.134. The van der Waals surface area contributed by atoms with Crippen molar-refractivity contribution in [3.63, 3.8) is 0 Å². The van der Waals surface area contributed by atoms with Crippen molar-refractivity contribution in [2.45, 2.75) is 31.2 Å². The Morgan fingerprint density at radius 3 is 2.64 bits per heavy atom. The van der Waals surface area contributed by atoms with Gasteiger partial charge >= 0.3 is 0 Å². The molecule has 1 heterocycles. The van der Waals surface area contributed by atoms with Crippen LogP contribution in [0.2, 0.25) is 0 Å². The number of likely N-dealkylation sites (tertiary alicyclic amines) is 1. The third kappa shape index (κ3) is 3.25. The fourth-order valence-corrected chi connectivity index (χ4v) is 3.30. The van der Waals surface area contributed by atoms with Gasteiger partial charge in [-0.25, -0.2) is 8.78 Å². The summed E-state index contributed by atoms with van der Waals surface area (Å²) in [4.78, 5) is 14.3. The first-order valence-electron chi connectivity index (χ1n) is 7.51. The van der Waals surface area contributed by atoms with E-state index in [2.05, 4.69) is 5.32 Å². The van der Waals surface area contributed by atoms with E-state index in [0.717, 1.165) is 19.4 Å². The van der Waals surface area contributed by atoms with Crippen LogP contribution in [0.4, 0.5) is 8.78 Å². The molecule has 1 aliphatic carbocycles. The summed E-state index contributed by atoms with van der Waals surface area (Å²) < 4.78 is 27.5. The van der Waals surface area contributed by atoms with E-state index in [1.54, 1.807) is 0 Å². The molecule has 1 saturated heterocycles. The molecule has 1 N–H and O–H groups in total. The molecule has 2 fully saturated rings. The zero-order chi connectivity index (χ0) is 15.0. The van der Waals surface area contributed by atoms with Gasteiger partial charge in [0.1, 0.15) is 11.6 Å². The van der Waals surface area contributed by atoms with Crippen molar-refractivity contribution in [1.29, 1.82) is 0 Å². The largest absolute Gasteiger partial charge is 0.341 e. The van der Waals surface area contributed by atoms with E-state index in [9.17, 15) is 13.6 Å². The van der Waals surface area contributed by atoms with E-state index < -0.39 is 11.6 Å². The van der Waals surface area contributed by atoms with Gasteiger partial charge in [0.25, 0.3) is 0 Å². The molecule has 0 bridgehead atoms. The standard InChI is InChI=1S/C16H20F2N2O.ClH/c1-19-10-4-3-7-20(9-10)16(21)12-8-11(12)15-13(17)5-2-6-14(15)18;/h2,5-6,10-12,19H,3-4,7-9H2,1H3;1H. The summed E-state index contributed by atoms with van der Waals surface area (Å²) >= 11 is 0. The molecule has 1 aliphatic heterocycles. The maximum absolute atomic E-state index is 13.8. The molecule has 3 atom stereocenters. The van der Waals surface area contributed by atoms with Crippen molar-refractivity contribution in [2.75, 3.05) is 20.1 Å². The quantitative estimate of drug-likeness (QED) is 0.924. The van der Waals surface area contributed by atoms with E-state index in [-0.39, 0.29) is 35.7 Å². The number of nitrogens with zero attached hydrogens (tertiary/aromatic N) is 1. The second-order valence-electron chi connectivity index (χ2n) is 6.00. The van der Waals surface area contributed by atoms with Crippen molar-refractivity contribution >= 4 is 18.3 Å². The molecule has 0 spiro atoms. The number of carbonyl (C=O) groups is 1. The molecule has 3 nitrogen and oxygen atoms in total. The third-order valence-corrected chi connectivity index (χ3v) is 4.62. The molecule has 3 rings (SSSR count). The van der Waals surface area contributed by atoms with E-state index >= 15 is 0 Å². The Balaban J connectivity index is 0.00000176. The van der Waals surface area contributed by atoms with Gasteiger partial charge in [0, 0.05) is 36.5 Å². The zero-order valence-electron chi connectivity index (χ0n) is 12.5. The topological polar surface area (TPSA) is 32.3 Å². The van der Waals surface area contributed by atoms with Crippen LogP contribution < -0.4 is 5.32 Å². The smallest absolute Gasteiger partial charge is 0.226 e. The van der Waals surface area contributed by atoms with Gasteiger partial charge in [-0.3, -0.25) is 4.79 Å². The molecule has 6 heteroatoms. The van der Waals surface area contributed by atoms with Gasteiger partial charge in [-0.05, 0) is 38.4 Å². The highest BCUT2D eigenvalue weighted by molar-refractivity contribution is 5.85. The molecule has 2 aliphatic rings. The fourth-order valence-electron chi connectivity index (χ4n) is 3.30. The molecule has 122 valence electrons. The lowest BCUT2D eigenvalue weighted by atomic mass is 10.0. The highest BCUT2D eigenvalue weighted by Crippen LogP contribution is 2.50. The SMILES string of the molecule is CNC1CCCN(C(=O)C2CC2c2c(F)cccc2F)C1.Cl. The Kier molecular flexibility index (Phi) is 5.40. The van der Waals surface area contributed by atoms with Gasteiger partial charge in [0.05, 0.1) is 0 Å². The van der Waals surface area contributed by atoms with E-state index in [4.69, 9.17) is 0 Å². The number of amides is 1. The zero-order valence-corrected chi connectivity index (χ0v) is 13.3. The molecular weight excluding hydrogens is 310 g/mol. The van der Waals surface area contributed by atoms with Crippen molar-refractivity contribution in [3.8, 4) is 0 Å². The average molecular weight is 331 g/mol. The minimum atomic E-state index is -0.540. The number of benzene rings is 1. The summed E-state index contributed by atoms with van der Waals surface area (Å²) in [5.74, 6) is -1.59. The lowest BCUT2D eigenvalue weighted by Crippen LogP contribution is -2.47.